The van der Waals surface area contributed by atoms with E-state index < -0.39 is 11.7 Å². The zero-order chi connectivity index (χ0) is 16.4. The number of rotatable bonds is 3. The maximum Gasteiger partial charge on any atom is 0.416 e. The van der Waals surface area contributed by atoms with Gasteiger partial charge in [0.05, 0.1) is 12.1 Å². The summed E-state index contributed by atoms with van der Waals surface area (Å²) >= 11 is 1.50. The van der Waals surface area contributed by atoms with E-state index in [1.165, 1.54) is 28.4 Å². The third-order valence-electron chi connectivity index (χ3n) is 3.26. The summed E-state index contributed by atoms with van der Waals surface area (Å²) in [6, 6.07) is 8.57. The van der Waals surface area contributed by atoms with Crippen LogP contribution in [0.4, 0.5) is 18.9 Å². The maximum absolute atomic E-state index is 12.8. The number of halogens is 3. The van der Waals surface area contributed by atoms with Gasteiger partial charge >= 0.3 is 6.18 Å². The zero-order valence-corrected chi connectivity index (χ0v) is 12.6. The molecule has 1 aromatic heterocycles. The van der Waals surface area contributed by atoms with Crippen LogP contribution in [0.5, 0.6) is 0 Å². The van der Waals surface area contributed by atoms with E-state index in [9.17, 15) is 18.0 Å². The topological polar surface area (TPSA) is 44.7 Å². The van der Waals surface area contributed by atoms with Crippen LogP contribution in [0.1, 0.15) is 10.4 Å². The summed E-state index contributed by atoms with van der Waals surface area (Å²) in [4.78, 5) is 18.4. The first kappa shape index (κ1) is 15.5. The maximum atomic E-state index is 12.8. The van der Waals surface area contributed by atoms with Crippen molar-refractivity contribution in [1.29, 1.82) is 0 Å². The zero-order valence-electron chi connectivity index (χ0n) is 11.8. The fourth-order valence-corrected chi connectivity index (χ4v) is 2.85. The third-order valence-corrected chi connectivity index (χ3v) is 4.12. The number of benzene rings is 1. The van der Waals surface area contributed by atoms with Crippen molar-refractivity contribution in [2.45, 2.75) is 12.7 Å². The second-order valence-electron chi connectivity index (χ2n) is 4.90. The number of carbonyl (C=O) groups is 1. The molecule has 23 heavy (non-hydrogen) atoms. The number of thiophene rings is 1. The van der Waals surface area contributed by atoms with Crippen LogP contribution in [0.25, 0.3) is 0 Å². The van der Waals surface area contributed by atoms with Crippen LogP contribution in [-0.2, 0) is 17.5 Å². The van der Waals surface area contributed by atoms with Crippen LogP contribution in [0.15, 0.2) is 46.8 Å². The molecule has 120 valence electrons. The summed E-state index contributed by atoms with van der Waals surface area (Å²) in [5.74, 6) is 0.0793. The van der Waals surface area contributed by atoms with Gasteiger partial charge in [-0.05, 0) is 29.6 Å². The number of guanidine groups is 1. The summed E-state index contributed by atoms with van der Waals surface area (Å²) < 4.78 is 38.3. The van der Waals surface area contributed by atoms with Crippen molar-refractivity contribution in [1.82, 2.24) is 4.90 Å². The predicted octanol–water partition coefficient (Wildman–Crippen LogP) is 3.58. The Bertz CT molecular complexity index is 741. The first-order chi connectivity index (χ1) is 10.9. The second-order valence-corrected chi connectivity index (χ2v) is 5.93. The Kier molecular flexibility index (Phi) is 4.08. The van der Waals surface area contributed by atoms with Crippen molar-refractivity contribution >= 4 is 28.9 Å². The lowest BCUT2D eigenvalue weighted by Crippen LogP contribution is -2.36. The van der Waals surface area contributed by atoms with Gasteiger partial charge in [-0.3, -0.25) is 9.69 Å². The van der Waals surface area contributed by atoms with Crippen molar-refractivity contribution in [2.24, 2.45) is 4.99 Å². The highest BCUT2D eigenvalue weighted by molar-refractivity contribution is 7.09. The quantitative estimate of drug-likeness (QED) is 0.929. The number of hydrogen-bond donors (Lipinski definition) is 1. The van der Waals surface area contributed by atoms with E-state index in [2.05, 4.69) is 10.3 Å². The van der Waals surface area contributed by atoms with Crippen molar-refractivity contribution in [3.63, 3.8) is 0 Å². The molecule has 0 unspecified atom stereocenters. The Hall–Kier alpha value is -2.35. The van der Waals surface area contributed by atoms with E-state index in [1.54, 1.807) is 0 Å². The minimum Gasteiger partial charge on any atom is -0.326 e. The standard InChI is InChI=1S/C15H12F3N3OS/c16-15(17,18)10-3-1-4-11(7-10)20-14-19-8-13(22)21(14)9-12-5-2-6-23-12/h1-7H,8-9H2,(H,19,20). The summed E-state index contributed by atoms with van der Waals surface area (Å²) in [7, 11) is 0. The van der Waals surface area contributed by atoms with E-state index in [-0.39, 0.29) is 24.1 Å². The van der Waals surface area contributed by atoms with E-state index in [0.717, 1.165) is 17.0 Å². The molecule has 0 saturated carbocycles. The smallest absolute Gasteiger partial charge is 0.326 e. The fraction of sp³-hybridized carbons (Fsp3) is 0.200. The molecule has 0 aliphatic carbocycles. The minimum atomic E-state index is -4.42. The number of hydrogen-bond acceptors (Lipinski definition) is 4. The molecule has 0 radical (unpaired) electrons. The average Bonchev–Trinajstić information content (AvgIpc) is 3.12. The molecule has 1 amide bonds. The molecule has 8 heteroatoms. The molecule has 0 spiro atoms. The van der Waals surface area contributed by atoms with Crippen LogP contribution in [0.3, 0.4) is 0 Å². The van der Waals surface area contributed by atoms with E-state index in [4.69, 9.17) is 0 Å². The lowest BCUT2D eigenvalue weighted by atomic mass is 10.2. The lowest BCUT2D eigenvalue weighted by Gasteiger charge is -2.19. The summed E-state index contributed by atoms with van der Waals surface area (Å²) in [5.41, 5.74) is -0.512. The average molecular weight is 339 g/mol. The molecule has 1 N–H and O–H groups in total. The number of nitrogens with zero attached hydrogens (tertiary/aromatic N) is 2. The van der Waals surface area contributed by atoms with Gasteiger partial charge in [0.1, 0.15) is 6.54 Å². The fourth-order valence-electron chi connectivity index (χ4n) is 2.16. The molecule has 0 atom stereocenters. The van der Waals surface area contributed by atoms with Crippen LogP contribution < -0.4 is 5.32 Å². The number of amides is 1. The Morgan fingerprint density at radius 1 is 1.26 bits per heavy atom. The first-order valence-electron chi connectivity index (χ1n) is 6.75. The molecule has 2 aromatic rings. The third kappa shape index (κ3) is 3.53. The molecule has 0 saturated heterocycles. The van der Waals surface area contributed by atoms with Crippen LogP contribution >= 0.6 is 11.3 Å². The van der Waals surface area contributed by atoms with E-state index in [1.807, 2.05) is 17.5 Å². The normalized spacial score (nSPS) is 15.0. The van der Waals surface area contributed by atoms with Gasteiger partial charge in [0.2, 0.25) is 5.96 Å². The van der Waals surface area contributed by atoms with E-state index >= 15 is 0 Å². The molecule has 1 aliphatic rings. The van der Waals surface area contributed by atoms with Crippen molar-refractivity contribution in [3.8, 4) is 0 Å². The molecule has 1 aliphatic heterocycles. The molecule has 0 bridgehead atoms. The largest absolute Gasteiger partial charge is 0.416 e. The van der Waals surface area contributed by atoms with Crippen molar-refractivity contribution in [3.05, 3.63) is 52.2 Å². The number of anilines is 1. The number of alkyl halides is 3. The van der Waals surface area contributed by atoms with Crippen molar-refractivity contribution < 1.29 is 18.0 Å². The highest BCUT2D eigenvalue weighted by atomic mass is 32.1. The SMILES string of the molecule is O=C1CN=C(Nc2cccc(C(F)(F)F)c2)N1Cc1cccs1. The van der Waals surface area contributed by atoms with Crippen LogP contribution in [-0.4, -0.2) is 23.3 Å². The summed E-state index contributed by atoms with van der Waals surface area (Å²) in [5, 5.41) is 4.70. The Balaban J connectivity index is 1.77. The molecule has 4 nitrogen and oxygen atoms in total. The molecule has 1 aromatic carbocycles. The molecule has 3 rings (SSSR count). The Morgan fingerprint density at radius 2 is 2.09 bits per heavy atom. The minimum absolute atomic E-state index is 0.00727. The summed E-state index contributed by atoms with van der Waals surface area (Å²) in [6.45, 7) is 0.341. The number of nitrogens with one attached hydrogen (secondary N) is 1. The molecular weight excluding hydrogens is 327 g/mol. The molecule has 2 heterocycles. The second kappa shape index (κ2) is 6.04. The van der Waals surface area contributed by atoms with Crippen LogP contribution in [0, 0.1) is 0 Å². The summed E-state index contributed by atoms with van der Waals surface area (Å²) in [6.07, 6.45) is -4.42. The lowest BCUT2D eigenvalue weighted by molar-refractivity contribution is -0.137. The predicted molar refractivity (Wildman–Crippen MR) is 82.2 cm³/mol. The van der Waals surface area contributed by atoms with E-state index in [0.29, 0.717) is 6.54 Å². The van der Waals surface area contributed by atoms with Crippen LogP contribution in [0.2, 0.25) is 0 Å². The van der Waals surface area contributed by atoms with Gasteiger partial charge < -0.3 is 5.32 Å². The van der Waals surface area contributed by atoms with Gasteiger partial charge in [-0.15, -0.1) is 11.3 Å². The Morgan fingerprint density at radius 3 is 2.78 bits per heavy atom. The van der Waals surface area contributed by atoms with Crippen molar-refractivity contribution in [2.75, 3.05) is 11.9 Å². The number of carbonyl (C=O) groups excluding carboxylic acids is 1. The van der Waals surface area contributed by atoms with Gasteiger partial charge in [0.25, 0.3) is 5.91 Å². The highest BCUT2D eigenvalue weighted by Gasteiger charge is 2.31. The van der Waals surface area contributed by atoms with Gasteiger partial charge in [0, 0.05) is 10.6 Å². The van der Waals surface area contributed by atoms with Gasteiger partial charge in [0.15, 0.2) is 0 Å². The monoisotopic (exact) mass is 339 g/mol. The number of aliphatic imine (C=N–C) groups is 1. The van der Waals surface area contributed by atoms with Gasteiger partial charge in [-0.2, -0.15) is 13.2 Å². The van der Waals surface area contributed by atoms with Gasteiger partial charge in [-0.1, -0.05) is 12.1 Å². The Labute approximate surface area is 134 Å². The van der Waals surface area contributed by atoms with Gasteiger partial charge in [-0.25, -0.2) is 4.99 Å². The molecule has 0 fully saturated rings. The molecular formula is C15H12F3N3OS. The highest BCUT2D eigenvalue weighted by Crippen LogP contribution is 2.30. The first-order valence-corrected chi connectivity index (χ1v) is 7.63.